The van der Waals surface area contributed by atoms with Crippen LogP contribution in [0.5, 0.6) is 0 Å². The van der Waals surface area contributed by atoms with Gasteiger partial charge in [0.05, 0.1) is 22.9 Å². The summed E-state index contributed by atoms with van der Waals surface area (Å²) in [7, 11) is 1.34. The maximum Gasteiger partial charge on any atom is 0.323 e. The molecule has 0 aliphatic rings. The first-order valence-corrected chi connectivity index (χ1v) is 12.2. The SMILES string of the molecule is COC(=O)[C@H](NCC(=O)Nc1cccc(-c2c(N)sc(SC)c2C(C)(C)C)c1)C(C)C. The predicted octanol–water partition coefficient (Wildman–Crippen LogP) is 4.74. The van der Waals surface area contributed by atoms with Crippen molar-refractivity contribution in [1.82, 2.24) is 5.32 Å². The van der Waals surface area contributed by atoms with Crippen molar-refractivity contribution >= 4 is 45.7 Å². The first-order valence-electron chi connectivity index (χ1n) is 10.2. The van der Waals surface area contributed by atoms with E-state index in [1.807, 2.05) is 38.1 Å². The molecule has 4 N–H and O–H groups in total. The minimum absolute atomic E-state index is 0.00611. The van der Waals surface area contributed by atoms with Gasteiger partial charge in [0.25, 0.3) is 0 Å². The lowest BCUT2D eigenvalue weighted by Gasteiger charge is -2.22. The molecule has 0 aliphatic carbocycles. The van der Waals surface area contributed by atoms with Gasteiger partial charge >= 0.3 is 5.97 Å². The summed E-state index contributed by atoms with van der Waals surface area (Å²) in [6.07, 6.45) is 2.06. The number of rotatable bonds is 8. The van der Waals surface area contributed by atoms with Gasteiger partial charge in [-0.05, 0) is 40.8 Å². The second-order valence-corrected chi connectivity index (χ2v) is 10.8. The monoisotopic (exact) mass is 463 g/mol. The highest BCUT2D eigenvalue weighted by atomic mass is 32.2. The Labute approximate surface area is 193 Å². The summed E-state index contributed by atoms with van der Waals surface area (Å²) >= 11 is 3.31. The molecule has 0 aliphatic heterocycles. The first kappa shape index (κ1) is 25.2. The van der Waals surface area contributed by atoms with Gasteiger partial charge in [-0.25, -0.2) is 0 Å². The molecule has 2 rings (SSSR count). The third kappa shape index (κ3) is 6.24. The number of nitrogens with one attached hydrogen (secondary N) is 2. The number of methoxy groups -OCH3 is 1. The van der Waals surface area contributed by atoms with E-state index in [9.17, 15) is 9.59 Å². The Morgan fingerprint density at radius 1 is 1.26 bits per heavy atom. The zero-order chi connectivity index (χ0) is 23.3. The van der Waals surface area contributed by atoms with Crippen molar-refractivity contribution in [2.75, 3.05) is 31.0 Å². The number of carbonyl (C=O) groups excluding carboxylic acids is 2. The molecule has 1 atom stereocenters. The number of nitrogens with two attached hydrogens (primary N) is 1. The van der Waals surface area contributed by atoms with Gasteiger partial charge in [-0.3, -0.25) is 14.9 Å². The van der Waals surface area contributed by atoms with Gasteiger partial charge in [0.15, 0.2) is 0 Å². The number of carbonyl (C=O) groups is 2. The predicted molar refractivity (Wildman–Crippen MR) is 132 cm³/mol. The zero-order valence-electron chi connectivity index (χ0n) is 19.3. The number of hydrogen-bond donors (Lipinski definition) is 3. The second-order valence-electron chi connectivity index (χ2n) is 8.71. The molecule has 31 heavy (non-hydrogen) atoms. The Morgan fingerprint density at radius 3 is 2.48 bits per heavy atom. The summed E-state index contributed by atoms with van der Waals surface area (Å²) < 4.78 is 6.01. The molecule has 0 bridgehead atoms. The van der Waals surface area contributed by atoms with Crippen molar-refractivity contribution in [2.24, 2.45) is 5.92 Å². The van der Waals surface area contributed by atoms with Crippen LogP contribution in [-0.4, -0.2) is 37.8 Å². The van der Waals surface area contributed by atoms with Crippen LogP contribution in [-0.2, 0) is 19.7 Å². The Balaban J connectivity index is 2.23. The number of ether oxygens (including phenoxy) is 1. The molecule has 1 aromatic heterocycles. The maximum absolute atomic E-state index is 12.5. The Bertz CT molecular complexity index is 933. The standard InChI is InChI=1S/C23H33N3O3S2/c1-13(2)19(21(28)29-6)25-12-16(27)26-15-10-8-9-14(11-15)17-18(23(3,4)5)22(30-7)31-20(17)24/h8-11,13,19,25H,12,24H2,1-7H3,(H,26,27)/t19-/m1/s1. The molecule has 2 aromatic rings. The van der Waals surface area contributed by atoms with Crippen LogP contribution in [0.15, 0.2) is 28.5 Å². The average Bonchev–Trinajstić information content (AvgIpc) is 3.04. The number of benzene rings is 1. The molecule has 6 nitrogen and oxygen atoms in total. The van der Waals surface area contributed by atoms with E-state index in [0.717, 1.165) is 16.1 Å². The van der Waals surface area contributed by atoms with Crippen LogP contribution in [0.3, 0.4) is 0 Å². The highest BCUT2D eigenvalue weighted by Crippen LogP contribution is 2.48. The van der Waals surface area contributed by atoms with Gasteiger partial charge in [-0.15, -0.1) is 23.1 Å². The fourth-order valence-corrected chi connectivity index (χ4v) is 5.66. The molecule has 8 heteroatoms. The van der Waals surface area contributed by atoms with Gasteiger partial charge in [0.2, 0.25) is 5.91 Å². The number of esters is 1. The summed E-state index contributed by atoms with van der Waals surface area (Å²) in [5.41, 5.74) is 10.3. The van der Waals surface area contributed by atoms with E-state index < -0.39 is 6.04 Å². The molecule has 170 valence electrons. The van der Waals surface area contributed by atoms with E-state index in [2.05, 4.69) is 37.7 Å². The van der Waals surface area contributed by atoms with E-state index in [4.69, 9.17) is 10.5 Å². The Morgan fingerprint density at radius 2 is 1.94 bits per heavy atom. The highest BCUT2D eigenvalue weighted by molar-refractivity contribution is 8.00. The summed E-state index contributed by atoms with van der Waals surface area (Å²) in [6, 6.07) is 7.17. The number of nitrogen functional groups attached to an aromatic ring is 1. The van der Waals surface area contributed by atoms with Gasteiger partial charge in [0.1, 0.15) is 6.04 Å². The van der Waals surface area contributed by atoms with E-state index in [1.54, 1.807) is 23.1 Å². The van der Waals surface area contributed by atoms with Crippen LogP contribution in [0.25, 0.3) is 11.1 Å². The summed E-state index contributed by atoms with van der Waals surface area (Å²) in [5.74, 6) is -0.602. The van der Waals surface area contributed by atoms with Crippen molar-refractivity contribution < 1.29 is 14.3 Å². The smallest absolute Gasteiger partial charge is 0.323 e. The fourth-order valence-electron chi connectivity index (χ4n) is 3.42. The van der Waals surface area contributed by atoms with E-state index in [0.29, 0.717) is 5.69 Å². The number of hydrogen-bond acceptors (Lipinski definition) is 7. The molecule has 1 heterocycles. The lowest BCUT2D eigenvalue weighted by Crippen LogP contribution is -2.45. The maximum atomic E-state index is 12.5. The highest BCUT2D eigenvalue weighted by Gasteiger charge is 2.27. The summed E-state index contributed by atoms with van der Waals surface area (Å²) in [4.78, 5) is 24.4. The van der Waals surface area contributed by atoms with Crippen LogP contribution in [0.1, 0.15) is 40.2 Å². The van der Waals surface area contributed by atoms with Crippen molar-refractivity contribution in [3.05, 3.63) is 29.8 Å². The van der Waals surface area contributed by atoms with Crippen LogP contribution in [0, 0.1) is 5.92 Å². The third-order valence-corrected chi connectivity index (χ3v) is 7.02. The van der Waals surface area contributed by atoms with E-state index in [1.165, 1.54) is 16.9 Å². The Kier molecular flexibility index (Phi) is 8.57. The fraction of sp³-hybridized carbons (Fsp3) is 0.478. The molecule has 0 saturated heterocycles. The van der Waals surface area contributed by atoms with Crippen molar-refractivity contribution in [3.63, 3.8) is 0 Å². The second kappa shape index (κ2) is 10.5. The summed E-state index contributed by atoms with van der Waals surface area (Å²) in [5, 5.41) is 6.66. The van der Waals surface area contributed by atoms with Crippen molar-refractivity contribution in [1.29, 1.82) is 0 Å². The molecule has 0 spiro atoms. The first-order chi connectivity index (χ1) is 14.5. The number of thioether (sulfide) groups is 1. The largest absolute Gasteiger partial charge is 0.468 e. The van der Waals surface area contributed by atoms with Crippen molar-refractivity contribution in [3.8, 4) is 11.1 Å². The van der Waals surface area contributed by atoms with Crippen LogP contribution >= 0.6 is 23.1 Å². The van der Waals surface area contributed by atoms with Crippen LogP contribution in [0.2, 0.25) is 0 Å². The number of amides is 1. The Hall–Kier alpha value is -2.03. The topological polar surface area (TPSA) is 93.4 Å². The van der Waals surface area contributed by atoms with E-state index in [-0.39, 0.29) is 29.8 Å². The van der Waals surface area contributed by atoms with Gasteiger partial charge < -0.3 is 15.8 Å². The molecule has 0 saturated carbocycles. The minimum atomic E-state index is -0.535. The third-order valence-electron chi connectivity index (χ3n) is 4.88. The molecule has 0 unspecified atom stereocenters. The van der Waals surface area contributed by atoms with E-state index >= 15 is 0 Å². The van der Waals surface area contributed by atoms with Gasteiger partial charge in [-0.1, -0.05) is 46.8 Å². The molecular formula is C23H33N3O3S2. The molecular weight excluding hydrogens is 430 g/mol. The van der Waals surface area contributed by atoms with Crippen molar-refractivity contribution in [2.45, 2.75) is 50.3 Å². The minimum Gasteiger partial charge on any atom is -0.468 e. The van der Waals surface area contributed by atoms with Crippen LogP contribution in [0.4, 0.5) is 10.7 Å². The number of thiophene rings is 1. The van der Waals surface area contributed by atoms with Gasteiger partial charge in [0, 0.05) is 11.3 Å². The molecule has 1 amide bonds. The number of anilines is 2. The van der Waals surface area contributed by atoms with Crippen LogP contribution < -0.4 is 16.4 Å². The average molecular weight is 464 g/mol. The summed E-state index contributed by atoms with van der Waals surface area (Å²) in [6.45, 7) is 10.4. The molecule has 0 fully saturated rings. The quantitative estimate of drug-likeness (QED) is 0.387. The molecule has 0 radical (unpaired) electrons. The van der Waals surface area contributed by atoms with Gasteiger partial charge in [-0.2, -0.15) is 0 Å². The molecule has 1 aromatic carbocycles. The lowest BCUT2D eigenvalue weighted by molar-refractivity contribution is -0.144. The lowest BCUT2D eigenvalue weighted by atomic mass is 9.84. The normalized spacial score (nSPS) is 12.6. The zero-order valence-corrected chi connectivity index (χ0v) is 20.9.